The van der Waals surface area contributed by atoms with Crippen molar-refractivity contribution in [2.45, 2.75) is 19.8 Å². The second kappa shape index (κ2) is 4.74. The molecule has 1 aromatic rings. The van der Waals surface area contributed by atoms with Gasteiger partial charge in [0, 0.05) is 10.4 Å². The van der Waals surface area contributed by atoms with Gasteiger partial charge < -0.3 is 4.84 Å². The Hall–Kier alpha value is -0.380. The van der Waals surface area contributed by atoms with E-state index in [4.69, 9.17) is 5.90 Å². The molecule has 0 aromatic heterocycles. The zero-order valence-corrected chi connectivity index (χ0v) is 9.47. The maximum atomic E-state index is 5.04. The summed E-state index contributed by atoms with van der Waals surface area (Å²) in [6, 6.07) is 6.16. The molecular formula is C10H14BrNO. The van der Waals surface area contributed by atoms with Gasteiger partial charge in [0.15, 0.2) is 0 Å². The van der Waals surface area contributed by atoms with Crippen molar-refractivity contribution in [3.8, 4) is 0 Å². The van der Waals surface area contributed by atoms with E-state index < -0.39 is 0 Å². The second-order valence-corrected chi connectivity index (χ2v) is 4.04. The van der Waals surface area contributed by atoms with Crippen molar-refractivity contribution in [3.63, 3.8) is 0 Å². The molecule has 0 saturated heterocycles. The van der Waals surface area contributed by atoms with Crippen LogP contribution in [0.25, 0.3) is 0 Å². The molecule has 0 aliphatic rings. The highest BCUT2D eigenvalue weighted by Crippen LogP contribution is 2.25. The van der Waals surface area contributed by atoms with Crippen LogP contribution in [-0.2, 0) is 4.84 Å². The number of nitrogens with two attached hydrogens (primary N) is 1. The van der Waals surface area contributed by atoms with Crippen molar-refractivity contribution in [2.75, 3.05) is 6.61 Å². The van der Waals surface area contributed by atoms with Crippen molar-refractivity contribution in [1.29, 1.82) is 0 Å². The van der Waals surface area contributed by atoms with Crippen LogP contribution < -0.4 is 5.90 Å². The lowest BCUT2D eigenvalue weighted by atomic mass is 9.97. The number of hydrogen-bond donors (Lipinski definition) is 1. The monoisotopic (exact) mass is 243 g/mol. The minimum absolute atomic E-state index is 0.336. The SMILES string of the molecule is Cc1c(Br)cccc1C(C)CON. The minimum Gasteiger partial charge on any atom is -0.304 e. The summed E-state index contributed by atoms with van der Waals surface area (Å²) in [5.74, 6) is 5.38. The van der Waals surface area contributed by atoms with Crippen molar-refractivity contribution in [3.05, 3.63) is 33.8 Å². The van der Waals surface area contributed by atoms with Crippen LogP contribution in [0.2, 0.25) is 0 Å². The Balaban J connectivity index is 2.93. The Bertz CT molecular complexity index is 288. The number of hydrogen-bond acceptors (Lipinski definition) is 2. The van der Waals surface area contributed by atoms with Crippen LogP contribution >= 0.6 is 15.9 Å². The van der Waals surface area contributed by atoms with Gasteiger partial charge in [-0.3, -0.25) is 0 Å². The van der Waals surface area contributed by atoms with E-state index in [9.17, 15) is 0 Å². The molecule has 0 spiro atoms. The van der Waals surface area contributed by atoms with Gasteiger partial charge in [-0.25, -0.2) is 5.90 Å². The molecule has 1 unspecified atom stereocenters. The van der Waals surface area contributed by atoms with E-state index >= 15 is 0 Å². The molecule has 0 aliphatic heterocycles. The lowest BCUT2D eigenvalue weighted by molar-refractivity contribution is 0.126. The van der Waals surface area contributed by atoms with Gasteiger partial charge in [-0.15, -0.1) is 0 Å². The van der Waals surface area contributed by atoms with E-state index in [-0.39, 0.29) is 0 Å². The van der Waals surface area contributed by atoms with Gasteiger partial charge in [0.1, 0.15) is 0 Å². The number of benzene rings is 1. The molecule has 0 amide bonds. The molecule has 1 atom stereocenters. The van der Waals surface area contributed by atoms with E-state index in [1.165, 1.54) is 11.1 Å². The van der Waals surface area contributed by atoms with Crippen LogP contribution in [0.3, 0.4) is 0 Å². The average molecular weight is 244 g/mol. The molecular weight excluding hydrogens is 230 g/mol. The van der Waals surface area contributed by atoms with Crippen molar-refractivity contribution >= 4 is 15.9 Å². The van der Waals surface area contributed by atoms with Gasteiger partial charge in [0.2, 0.25) is 0 Å². The fourth-order valence-electron chi connectivity index (χ4n) is 1.39. The summed E-state index contributed by atoms with van der Waals surface area (Å²) < 4.78 is 1.13. The molecule has 0 heterocycles. The Morgan fingerprint density at radius 2 is 2.23 bits per heavy atom. The lowest BCUT2D eigenvalue weighted by Crippen LogP contribution is -2.09. The molecule has 13 heavy (non-hydrogen) atoms. The van der Waals surface area contributed by atoms with Gasteiger partial charge in [-0.2, -0.15) is 0 Å². The standard InChI is InChI=1S/C10H14BrNO/c1-7(6-13-12)9-4-3-5-10(11)8(9)2/h3-5,7H,6,12H2,1-2H3. The molecule has 72 valence electrons. The van der Waals surface area contributed by atoms with Gasteiger partial charge in [-0.05, 0) is 24.1 Å². The summed E-state index contributed by atoms with van der Waals surface area (Å²) in [6.45, 7) is 4.74. The van der Waals surface area contributed by atoms with Crippen LogP contribution in [-0.4, -0.2) is 6.61 Å². The summed E-state index contributed by atoms with van der Waals surface area (Å²) >= 11 is 3.49. The lowest BCUT2D eigenvalue weighted by Gasteiger charge is -2.13. The molecule has 1 aromatic carbocycles. The van der Waals surface area contributed by atoms with Crippen molar-refractivity contribution < 1.29 is 4.84 Å². The first-order chi connectivity index (χ1) is 6.16. The molecule has 0 saturated carbocycles. The Labute approximate surface area is 87.2 Å². The van der Waals surface area contributed by atoms with E-state index in [1.807, 2.05) is 12.1 Å². The Kier molecular flexibility index (Phi) is 3.90. The maximum absolute atomic E-state index is 5.04. The quantitative estimate of drug-likeness (QED) is 0.829. The smallest absolute Gasteiger partial charge is 0.0745 e. The molecule has 2 N–H and O–H groups in total. The molecule has 0 bridgehead atoms. The summed E-state index contributed by atoms with van der Waals surface area (Å²) in [5.41, 5.74) is 2.53. The third-order valence-corrected chi connectivity index (χ3v) is 3.05. The van der Waals surface area contributed by atoms with Crippen LogP contribution in [0.4, 0.5) is 0 Å². The van der Waals surface area contributed by atoms with E-state index in [1.54, 1.807) is 0 Å². The first-order valence-corrected chi connectivity index (χ1v) is 5.02. The maximum Gasteiger partial charge on any atom is 0.0745 e. The van der Waals surface area contributed by atoms with Gasteiger partial charge >= 0.3 is 0 Å². The molecule has 0 aliphatic carbocycles. The molecule has 3 heteroatoms. The molecule has 1 rings (SSSR count). The number of halogens is 1. The third-order valence-electron chi connectivity index (χ3n) is 2.19. The largest absolute Gasteiger partial charge is 0.304 e. The molecule has 0 fully saturated rings. The van der Waals surface area contributed by atoms with Crippen LogP contribution in [0.15, 0.2) is 22.7 Å². The van der Waals surface area contributed by atoms with E-state index in [2.05, 4.69) is 40.7 Å². The Morgan fingerprint density at radius 3 is 2.85 bits per heavy atom. The van der Waals surface area contributed by atoms with Crippen LogP contribution in [0.1, 0.15) is 24.0 Å². The molecule has 2 nitrogen and oxygen atoms in total. The molecule has 0 radical (unpaired) electrons. The van der Waals surface area contributed by atoms with Gasteiger partial charge in [-0.1, -0.05) is 35.0 Å². The van der Waals surface area contributed by atoms with Gasteiger partial charge in [0.25, 0.3) is 0 Å². The van der Waals surface area contributed by atoms with Crippen LogP contribution in [0, 0.1) is 6.92 Å². The van der Waals surface area contributed by atoms with Gasteiger partial charge in [0.05, 0.1) is 6.61 Å². The zero-order chi connectivity index (χ0) is 9.84. The normalized spacial score (nSPS) is 12.9. The second-order valence-electron chi connectivity index (χ2n) is 3.19. The predicted octanol–water partition coefficient (Wildman–Crippen LogP) is 2.75. The minimum atomic E-state index is 0.336. The topological polar surface area (TPSA) is 35.2 Å². The van der Waals surface area contributed by atoms with E-state index in [0.717, 1.165) is 4.47 Å². The Morgan fingerprint density at radius 1 is 1.54 bits per heavy atom. The first kappa shape index (κ1) is 10.7. The van der Waals surface area contributed by atoms with Crippen molar-refractivity contribution in [1.82, 2.24) is 0 Å². The fourth-order valence-corrected chi connectivity index (χ4v) is 1.77. The third kappa shape index (κ3) is 2.53. The zero-order valence-electron chi connectivity index (χ0n) is 7.88. The van der Waals surface area contributed by atoms with Crippen molar-refractivity contribution in [2.24, 2.45) is 5.90 Å². The summed E-state index contributed by atoms with van der Waals surface area (Å²) in [7, 11) is 0. The fraction of sp³-hybridized carbons (Fsp3) is 0.400. The highest BCUT2D eigenvalue weighted by atomic mass is 79.9. The van der Waals surface area contributed by atoms with E-state index in [0.29, 0.717) is 12.5 Å². The highest BCUT2D eigenvalue weighted by Gasteiger charge is 2.09. The number of rotatable bonds is 3. The predicted molar refractivity (Wildman–Crippen MR) is 57.4 cm³/mol. The van der Waals surface area contributed by atoms with Crippen LogP contribution in [0.5, 0.6) is 0 Å². The first-order valence-electron chi connectivity index (χ1n) is 4.23. The highest BCUT2D eigenvalue weighted by molar-refractivity contribution is 9.10. The summed E-state index contributed by atoms with van der Waals surface area (Å²) in [6.07, 6.45) is 0. The summed E-state index contributed by atoms with van der Waals surface area (Å²) in [5, 5.41) is 0. The summed E-state index contributed by atoms with van der Waals surface area (Å²) in [4.78, 5) is 4.64. The average Bonchev–Trinajstić information content (AvgIpc) is 2.10.